The summed E-state index contributed by atoms with van der Waals surface area (Å²) in [6.07, 6.45) is 2.00. The number of benzene rings is 1. The van der Waals surface area contributed by atoms with Crippen LogP contribution in [0.2, 0.25) is 0 Å². The molecule has 0 aliphatic carbocycles. The summed E-state index contributed by atoms with van der Waals surface area (Å²) in [5, 5.41) is 12.2. The van der Waals surface area contributed by atoms with Crippen molar-refractivity contribution in [2.75, 3.05) is 13.2 Å². The number of aliphatic hydroxyl groups is 1. The average molecular weight is 249 g/mol. The van der Waals surface area contributed by atoms with E-state index in [0.29, 0.717) is 13.0 Å². The molecular weight excluding hydrogens is 230 g/mol. The molecule has 0 spiro atoms. The number of hydrogen-bond donors (Lipinski definition) is 2. The number of carbonyl (C=O) groups is 1. The van der Waals surface area contributed by atoms with Crippen LogP contribution < -0.4 is 5.32 Å². The number of hydrogen-bond acceptors (Lipinski definition) is 3. The second kappa shape index (κ2) is 6.52. The molecule has 0 saturated carbocycles. The van der Waals surface area contributed by atoms with Crippen molar-refractivity contribution in [1.29, 1.82) is 0 Å². The van der Waals surface area contributed by atoms with Gasteiger partial charge in [-0.05, 0) is 24.8 Å². The van der Waals surface area contributed by atoms with Crippen LogP contribution in [0.5, 0.6) is 0 Å². The van der Waals surface area contributed by atoms with Crippen LogP contribution in [-0.2, 0) is 16.0 Å². The molecule has 0 bridgehead atoms. The Kier molecular flexibility index (Phi) is 4.73. The van der Waals surface area contributed by atoms with Crippen LogP contribution >= 0.6 is 0 Å². The highest BCUT2D eigenvalue weighted by Gasteiger charge is 2.25. The predicted octanol–water partition coefficient (Wildman–Crippen LogP) is 0.885. The van der Waals surface area contributed by atoms with Crippen LogP contribution in [-0.4, -0.2) is 36.4 Å². The Morgan fingerprint density at radius 1 is 1.44 bits per heavy atom. The van der Waals surface area contributed by atoms with E-state index in [0.717, 1.165) is 18.4 Å². The molecule has 2 N–H and O–H groups in total. The van der Waals surface area contributed by atoms with Gasteiger partial charge in [-0.3, -0.25) is 4.79 Å². The zero-order valence-corrected chi connectivity index (χ0v) is 10.3. The Hall–Kier alpha value is -1.39. The molecule has 1 aliphatic rings. The van der Waals surface area contributed by atoms with E-state index < -0.39 is 0 Å². The van der Waals surface area contributed by atoms with Crippen molar-refractivity contribution in [2.45, 2.75) is 31.4 Å². The van der Waals surface area contributed by atoms with Crippen molar-refractivity contribution in [3.05, 3.63) is 35.9 Å². The largest absolute Gasteiger partial charge is 0.394 e. The lowest BCUT2D eigenvalue weighted by Crippen LogP contribution is -2.44. The van der Waals surface area contributed by atoms with E-state index >= 15 is 0 Å². The first kappa shape index (κ1) is 13.1. The molecule has 2 rings (SSSR count). The Bertz CT molecular complexity index is 374. The molecule has 2 atom stereocenters. The van der Waals surface area contributed by atoms with Gasteiger partial charge in [0.2, 0.25) is 5.91 Å². The quantitative estimate of drug-likeness (QED) is 0.814. The van der Waals surface area contributed by atoms with Crippen LogP contribution in [0, 0.1) is 0 Å². The van der Waals surface area contributed by atoms with E-state index in [-0.39, 0.29) is 24.7 Å². The molecule has 1 aliphatic heterocycles. The minimum atomic E-state index is -0.338. The highest BCUT2D eigenvalue weighted by molar-refractivity contribution is 5.81. The van der Waals surface area contributed by atoms with Gasteiger partial charge in [0.05, 0.1) is 12.6 Å². The van der Waals surface area contributed by atoms with E-state index in [4.69, 9.17) is 4.74 Å². The van der Waals surface area contributed by atoms with E-state index in [1.54, 1.807) is 0 Å². The lowest BCUT2D eigenvalue weighted by Gasteiger charge is -2.18. The third-order valence-electron chi connectivity index (χ3n) is 3.11. The van der Waals surface area contributed by atoms with E-state index in [1.807, 2.05) is 30.3 Å². The first-order chi connectivity index (χ1) is 8.79. The Morgan fingerprint density at radius 2 is 2.22 bits per heavy atom. The molecule has 0 aromatic heterocycles. The zero-order valence-electron chi connectivity index (χ0n) is 10.3. The Labute approximate surface area is 107 Å². The summed E-state index contributed by atoms with van der Waals surface area (Å²) in [4.78, 5) is 11.9. The molecular formula is C14H19NO3. The Morgan fingerprint density at radius 3 is 2.83 bits per heavy atom. The van der Waals surface area contributed by atoms with Crippen molar-refractivity contribution in [3.8, 4) is 0 Å². The van der Waals surface area contributed by atoms with Crippen LogP contribution in [0.3, 0.4) is 0 Å². The summed E-state index contributed by atoms with van der Waals surface area (Å²) in [5.41, 5.74) is 1.10. The van der Waals surface area contributed by atoms with Crippen LogP contribution in [0.1, 0.15) is 18.4 Å². The van der Waals surface area contributed by atoms with Crippen LogP contribution in [0.4, 0.5) is 0 Å². The van der Waals surface area contributed by atoms with E-state index in [2.05, 4.69) is 5.32 Å². The number of aliphatic hydroxyl groups excluding tert-OH is 1. The van der Waals surface area contributed by atoms with Crippen molar-refractivity contribution in [3.63, 3.8) is 0 Å². The topological polar surface area (TPSA) is 58.6 Å². The second-order valence-electron chi connectivity index (χ2n) is 4.58. The molecule has 4 heteroatoms. The van der Waals surface area contributed by atoms with E-state index in [9.17, 15) is 9.90 Å². The SMILES string of the molecule is O=C(N[C@@H](CO)Cc1ccccc1)C1CCCO1. The maximum Gasteiger partial charge on any atom is 0.249 e. The summed E-state index contributed by atoms with van der Waals surface area (Å²) in [6, 6.07) is 9.57. The smallest absolute Gasteiger partial charge is 0.249 e. The van der Waals surface area contributed by atoms with Gasteiger partial charge in [0.25, 0.3) is 0 Å². The number of ether oxygens (including phenoxy) is 1. The molecule has 1 amide bonds. The summed E-state index contributed by atoms with van der Waals surface area (Å²) >= 11 is 0. The van der Waals surface area contributed by atoms with Gasteiger partial charge in [-0.1, -0.05) is 30.3 Å². The van der Waals surface area contributed by atoms with Gasteiger partial charge in [-0.2, -0.15) is 0 Å². The minimum Gasteiger partial charge on any atom is -0.394 e. The van der Waals surface area contributed by atoms with Crippen molar-refractivity contribution in [1.82, 2.24) is 5.32 Å². The van der Waals surface area contributed by atoms with Crippen molar-refractivity contribution in [2.24, 2.45) is 0 Å². The maximum atomic E-state index is 11.9. The number of carbonyl (C=O) groups excluding carboxylic acids is 1. The predicted molar refractivity (Wildman–Crippen MR) is 68.1 cm³/mol. The van der Waals surface area contributed by atoms with Gasteiger partial charge < -0.3 is 15.2 Å². The van der Waals surface area contributed by atoms with Gasteiger partial charge in [-0.25, -0.2) is 0 Å². The summed E-state index contributed by atoms with van der Waals surface area (Å²) in [7, 11) is 0. The molecule has 1 aromatic carbocycles. The average Bonchev–Trinajstić information content (AvgIpc) is 2.93. The molecule has 1 unspecified atom stereocenters. The standard InChI is InChI=1S/C14H19NO3/c16-10-12(9-11-5-2-1-3-6-11)15-14(17)13-7-4-8-18-13/h1-3,5-6,12-13,16H,4,7-10H2,(H,15,17)/t12-,13?/m1/s1. The first-order valence-electron chi connectivity index (χ1n) is 6.36. The summed E-state index contributed by atoms with van der Waals surface area (Å²) in [5.74, 6) is -0.109. The maximum absolute atomic E-state index is 11.9. The fourth-order valence-corrected chi connectivity index (χ4v) is 2.14. The summed E-state index contributed by atoms with van der Waals surface area (Å²) < 4.78 is 5.32. The Balaban J connectivity index is 1.87. The van der Waals surface area contributed by atoms with Crippen LogP contribution in [0.25, 0.3) is 0 Å². The molecule has 1 saturated heterocycles. The molecule has 98 valence electrons. The highest BCUT2D eigenvalue weighted by Crippen LogP contribution is 2.12. The number of amides is 1. The van der Waals surface area contributed by atoms with Gasteiger partial charge in [0, 0.05) is 6.61 Å². The third kappa shape index (κ3) is 3.55. The molecule has 1 heterocycles. The molecule has 1 fully saturated rings. The molecule has 0 radical (unpaired) electrons. The van der Waals surface area contributed by atoms with E-state index in [1.165, 1.54) is 0 Å². The first-order valence-corrected chi connectivity index (χ1v) is 6.36. The lowest BCUT2D eigenvalue weighted by molar-refractivity contribution is -0.131. The van der Waals surface area contributed by atoms with Crippen LogP contribution in [0.15, 0.2) is 30.3 Å². The highest BCUT2D eigenvalue weighted by atomic mass is 16.5. The minimum absolute atomic E-state index is 0.0621. The third-order valence-corrected chi connectivity index (χ3v) is 3.11. The molecule has 4 nitrogen and oxygen atoms in total. The number of rotatable bonds is 5. The normalized spacial score (nSPS) is 20.6. The summed E-state index contributed by atoms with van der Waals surface area (Å²) in [6.45, 7) is 0.591. The molecule has 1 aromatic rings. The van der Waals surface area contributed by atoms with Gasteiger partial charge in [0.1, 0.15) is 6.10 Å². The second-order valence-corrected chi connectivity index (χ2v) is 4.58. The molecule has 18 heavy (non-hydrogen) atoms. The van der Waals surface area contributed by atoms with Gasteiger partial charge in [-0.15, -0.1) is 0 Å². The van der Waals surface area contributed by atoms with Crippen molar-refractivity contribution < 1.29 is 14.6 Å². The number of nitrogens with one attached hydrogen (secondary N) is 1. The fraction of sp³-hybridized carbons (Fsp3) is 0.500. The van der Waals surface area contributed by atoms with Gasteiger partial charge >= 0.3 is 0 Å². The zero-order chi connectivity index (χ0) is 12.8. The fourth-order valence-electron chi connectivity index (χ4n) is 2.14. The van der Waals surface area contributed by atoms with Crippen molar-refractivity contribution >= 4 is 5.91 Å². The lowest BCUT2D eigenvalue weighted by atomic mass is 10.1. The van der Waals surface area contributed by atoms with Gasteiger partial charge in [0.15, 0.2) is 0 Å². The monoisotopic (exact) mass is 249 g/mol.